The van der Waals surface area contributed by atoms with Crippen LogP contribution in [0.5, 0.6) is 11.8 Å². The van der Waals surface area contributed by atoms with E-state index in [-0.39, 0.29) is 29.4 Å². The number of ketones is 1. The largest absolute Gasteiger partial charge is 0.494 e. The third-order valence-electron chi connectivity index (χ3n) is 6.16. The Labute approximate surface area is 163 Å². The Morgan fingerprint density at radius 3 is 2.18 bits per heavy atom. The number of fused-ring (bicyclic) bond motifs is 5. The number of aromatic hydroxyl groups is 2. The summed E-state index contributed by atoms with van der Waals surface area (Å²) in [5.74, 6) is 0.380. The normalized spacial score (nSPS) is 19.2. The number of aromatic nitrogens is 1. The maximum absolute atomic E-state index is 13.0. The lowest BCUT2D eigenvalue weighted by atomic mass is 9.99. The molecule has 4 heteroatoms. The molecule has 140 valence electrons. The van der Waals surface area contributed by atoms with Gasteiger partial charge in [-0.1, -0.05) is 36.4 Å². The van der Waals surface area contributed by atoms with Crippen LogP contribution in [0.4, 0.5) is 0 Å². The van der Waals surface area contributed by atoms with Crippen molar-refractivity contribution in [3.8, 4) is 17.4 Å². The molecule has 0 aliphatic heterocycles. The van der Waals surface area contributed by atoms with Gasteiger partial charge in [-0.15, -0.1) is 0 Å². The average molecular weight is 371 g/mol. The fourth-order valence-electron chi connectivity index (χ4n) is 4.52. The SMILES string of the molecule is Cc1ccc(C(=O)c2cccc(-n3c(O)c4c(c3O)C3C=CC4C3)c2)cc1C. The van der Waals surface area contributed by atoms with Gasteiger partial charge >= 0.3 is 0 Å². The summed E-state index contributed by atoms with van der Waals surface area (Å²) in [4.78, 5) is 13.0. The summed E-state index contributed by atoms with van der Waals surface area (Å²) in [5.41, 5.74) is 5.58. The van der Waals surface area contributed by atoms with Crippen LogP contribution in [0.2, 0.25) is 0 Å². The predicted molar refractivity (Wildman–Crippen MR) is 108 cm³/mol. The number of hydrogen-bond acceptors (Lipinski definition) is 3. The topological polar surface area (TPSA) is 62.5 Å². The van der Waals surface area contributed by atoms with E-state index >= 15 is 0 Å². The van der Waals surface area contributed by atoms with Gasteiger partial charge in [-0.2, -0.15) is 0 Å². The van der Waals surface area contributed by atoms with E-state index in [1.54, 1.807) is 24.3 Å². The van der Waals surface area contributed by atoms with Crippen molar-refractivity contribution in [1.82, 2.24) is 4.57 Å². The molecule has 2 aliphatic rings. The van der Waals surface area contributed by atoms with Crippen LogP contribution >= 0.6 is 0 Å². The van der Waals surface area contributed by atoms with Gasteiger partial charge in [0.25, 0.3) is 0 Å². The molecular formula is C24H21NO3. The van der Waals surface area contributed by atoms with E-state index in [0.29, 0.717) is 16.8 Å². The minimum atomic E-state index is -0.0784. The minimum Gasteiger partial charge on any atom is -0.494 e. The zero-order valence-corrected chi connectivity index (χ0v) is 15.8. The standard InChI is InChI=1S/C24H21NO3/c1-13-6-7-18(10-14(13)2)22(26)17-4-3-5-19(12-17)25-23(27)20-15-8-9-16(11-15)21(20)24(25)28/h3-10,12,15-16,27-28H,11H2,1-2H3. The Hall–Kier alpha value is -3.27. The summed E-state index contributed by atoms with van der Waals surface area (Å²) in [6.07, 6.45) is 5.10. The molecule has 0 amide bonds. The molecule has 0 spiro atoms. The summed E-state index contributed by atoms with van der Waals surface area (Å²) in [6.45, 7) is 4.01. The van der Waals surface area contributed by atoms with Gasteiger partial charge in [-0.3, -0.25) is 9.36 Å². The van der Waals surface area contributed by atoms with Crippen LogP contribution in [0, 0.1) is 13.8 Å². The quantitative estimate of drug-likeness (QED) is 0.510. The van der Waals surface area contributed by atoms with Gasteiger partial charge in [-0.05, 0) is 49.6 Å². The van der Waals surface area contributed by atoms with E-state index < -0.39 is 0 Å². The van der Waals surface area contributed by atoms with Gasteiger partial charge in [0.2, 0.25) is 11.8 Å². The number of benzene rings is 2. The van der Waals surface area contributed by atoms with Gasteiger partial charge in [0.15, 0.2) is 5.78 Å². The second kappa shape index (κ2) is 5.86. The second-order valence-electron chi connectivity index (χ2n) is 7.82. The van der Waals surface area contributed by atoms with Crippen LogP contribution in [-0.2, 0) is 0 Å². The highest BCUT2D eigenvalue weighted by Gasteiger charge is 2.41. The van der Waals surface area contributed by atoms with Gasteiger partial charge in [0.05, 0.1) is 5.69 Å². The Balaban J connectivity index is 1.58. The van der Waals surface area contributed by atoms with Crippen LogP contribution in [0.3, 0.4) is 0 Å². The lowest BCUT2D eigenvalue weighted by Gasteiger charge is -2.11. The van der Waals surface area contributed by atoms with Crippen LogP contribution < -0.4 is 0 Å². The van der Waals surface area contributed by atoms with E-state index in [0.717, 1.165) is 28.7 Å². The Morgan fingerprint density at radius 1 is 0.893 bits per heavy atom. The van der Waals surface area contributed by atoms with Gasteiger partial charge in [-0.25, -0.2) is 0 Å². The number of hydrogen-bond donors (Lipinski definition) is 2. The highest BCUT2D eigenvalue weighted by atomic mass is 16.3. The molecule has 2 unspecified atom stereocenters. The van der Waals surface area contributed by atoms with Crippen molar-refractivity contribution in [3.63, 3.8) is 0 Å². The number of carbonyl (C=O) groups is 1. The van der Waals surface area contributed by atoms with Crippen molar-refractivity contribution >= 4 is 5.78 Å². The molecule has 2 N–H and O–H groups in total. The molecular weight excluding hydrogens is 350 g/mol. The van der Waals surface area contributed by atoms with Gasteiger partial charge < -0.3 is 10.2 Å². The number of nitrogens with zero attached hydrogens (tertiary/aromatic N) is 1. The highest BCUT2D eigenvalue weighted by Crippen LogP contribution is 2.57. The maximum Gasteiger partial charge on any atom is 0.202 e. The second-order valence-corrected chi connectivity index (χ2v) is 7.82. The van der Waals surface area contributed by atoms with Crippen molar-refractivity contribution in [3.05, 3.63) is 88.0 Å². The van der Waals surface area contributed by atoms with E-state index in [1.165, 1.54) is 4.57 Å². The van der Waals surface area contributed by atoms with Crippen LogP contribution in [0.25, 0.3) is 5.69 Å². The lowest BCUT2D eigenvalue weighted by Crippen LogP contribution is -2.04. The summed E-state index contributed by atoms with van der Waals surface area (Å²) < 4.78 is 1.45. The lowest BCUT2D eigenvalue weighted by molar-refractivity contribution is 0.103. The fourth-order valence-corrected chi connectivity index (χ4v) is 4.52. The minimum absolute atomic E-state index is 0.0696. The first-order chi connectivity index (χ1) is 13.5. The third-order valence-corrected chi connectivity index (χ3v) is 6.16. The van der Waals surface area contributed by atoms with Crippen LogP contribution in [0.1, 0.15) is 56.4 Å². The monoisotopic (exact) mass is 371 g/mol. The molecule has 3 aromatic rings. The zero-order chi connectivity index (χ0) is 19.6. The first-order valence-corrected chi connectivity index (χ1v) is 9.53. The van der Waals surface area contributed by atoms with Crippen molar-refractivity contribution in [2.45, 2.75) is 32.1 Å². The fraction of sp³-hybridized carbons (Fsp3) is 0.208. The zero-order valence-electron chi connectivity index (χ0n) is 15.8. The molecule has 5 rings (SSSR count). The molecule has 1 heterocycles. The molecule has 0 saturated carbocycles. The molecule has 1 aromatic heterocycles. The summed E-state index contributed by atoms with van der Waals surface area (Å²) in [6, 6.07) is 12.7. The van der Waals surface area contributed by atoms with E-state index in [9.17, 15) is 15.0 Å². The van der Waals surface area contributed by atoms with Crippen LogP contribution in [0.15, 0.2) is 54.6 Å². The third kappa shape index (κ3) is 2.27. The number of rotatable bonds is 3. The molecule has 2 bridgehead atoms. The Morgan fingerprint density at radius 2 is 1.54 bits per heavy atom. The number of allylic oxidation sites excluding steroid dienone is 2. The molecule has 2 aliphatic carbocycles. The summed E-state index contributed by atoms with van der Waals surface area (Å²) >= 11 is 0. The van der Waals surface area contributed by atoms with Crippen molar-refractivity contribution in [2.24, 2.45) is 0 Å². The highest BCUT2D eigenvalue weighted by molar-refractivity contribution is 6.09. The van der Waals surface area contributed by atoms with Gasteiger partial charge in [0.1, 0.15) is 0 Å². The van der Waals surface area contributed by atoms with Crippen LogP contribution in [-0.4, -0.2) is 20.6 Å². The van der Waals surface area contributed by atoms with Gasteiger partial charge in [0, 0.05) is 34.1 Å². The van der Waals surface area contributed by atoms with Crippen molar-refractivity contribution in [1.29, 1.82) is 0 Å². The number of aryl methyl sites for hydroxylation is 2. The van der Waals surface area contributed by atoms with Crippen molar-refractivity contribution < 1.29 is 15.0 Å². The summed E-state index contributed by atoms with van der Waals surface area (Å²) in [5, 5.41) is 21.6. The molecule has 0 radical (unpaired) electrons. The smallest absolute Gasteiger partial charge is 0.202 e. The van der Waals surface area contributed by atoms with Crippen molar-refractivity contribution in [2.75, 3.05) is 0 Å². The Kier molecular flexibility index (Phi) is 3.53. The molecule has 0 saturated heterocycles. The predicted octanol–water partition coefficient (Wildman–Crippen LogP) is 4.88. The molecule has 4 nitrogen and oxygen atoms in total. The molecule has 2 aromatic carbocycles. The maximum atomic E-state index is 13.0. The van der Waals surface area contributed by atoms with E-state index in [2.05, 4.69) is 12.2 Å². The van der Waals surface area contributed by atoms with E-state index in [1.807, 2.05) is 32.0 Å². The number of carbonyl (C=O) groups excluding carboxylic acids is 1. The first kappa shape index (κ1) is 16.9. The average Bonchev–Trinajstić information content (AvgIpc) is 3.37. The molecule has 2 atom stereocenters. The summed E-state index contributed by atoms with van der Waals surface area (Å²) in [7, 11) is 0. The Bertz CT molecular complexity index is 1130. The first-order valence-electron chi connectivity index (χ1n) is 9.53. The molecule has 0 fully saturated rings. The van der Waals surface area contributed by atoms with E-state index in [4.69, 9.17) is 0 Å². The molecule has 28 heavy (non-hydrogen) atoms.